The fraction of sp³-hybridized carbons (Fsp3) is 0.615. The van der Waals surface area contributed by atoms with Crippen LogP contribution in [0.15, 0.2) is 10.6 Å². The third-order valence-corrected chi connectivity index (χ3v) is 4.68. The average molecular weight is 261 g/mol. The molecule has 1 fully saturated rings. The van der Waals surface area contributed by atoms with E-state index in [0.717, 1.165) is 32.1 Å². The van der Waals surface area contributed by atoms with Crippen LogP contribution in [0.5, 0.6) is 0 Å². The maximum atomic E-state index is 12.0. The molecular formula is C13H15N3OS. The quantitative estimate of drug-likeness (QED) is 0.785. The smallest absolute Gasteiger partial charge is 0.243 e. The third-order valence-electron chi connectivity index (χ3n) is 3.97. The molecule has 0 aromatic heterocycles. The van der Waals surface area contributed by atoms with Crippen LogP contribution in [-0.2, 0) is 4.79 Å². The molecule has 1 saturated carbocycles. The van der Waals surface area contributed by atoms with E-state index in [1.165, 1.54) is 11.8 Å². The maximum absolute atomic E-state index is 12.0. The molecule has 1 heterocycles. The molecule has 0 radical (unpaired) electrons. The normalized spacial score (nSPS) is 26.4. The van der Waals surface area contributed by atoms with Gasteiger partial charge in [0.15, 0.2) is 0 Å². The van der Waals surface area contributed by atoms with Crippen molar-refractivity contribution in [3.63, 3.8) is 0 Å². The summed E-state index contributed by atoms with van der Waals surface area (Å²) in [6, 6.07) is 4.36. The van der Waals surface area contributed by atoms with Crippen molar-refractivity contribution in [2.45, 2.75) is 32.1 Å². The highest BCUT2D eigenvalue weighted by atomic mass is 32.2. The molecule has 2 rings (SSSR count). The minimum absolute atomic E-state index is 0.247. The van der Waals surface area contributed by atoms with Crippen LogP contribution < -0.4 is 5.32 Å². The standard InChI is InChI=1S/C13H15N3OS/c1-18-12-10(8-15)13(5-3-2-4-6-13)9(7-14)11(17)16-12/h9H,2-6H2,1H3,(H,16,17)/t9-/m0/s1. The lowest BCUT2D eigenvalue weighted by Crippen LogP contribution is -2.48. The first-order valence-electron chi connectivity index (χ1n) is 6.09. The van der Waals surface area contributed by atoms with Crippen LogP contribution >= 0.6 is 11.8 Å². The Labute approximate surface area is 111 Å². The van der Waals surface area contributed by atoms with Crippen LogP contribution in [-0.4, -0.2) is 12.2 Å². The van der Waals surface area contributed by atoms with Crippen molar-refractivity contribution in [1.29, 1.82) is 10.5 Å². The summed E-state index contributed by atoms with van der Waals surface area (Å²) in [5.41, 5.74) is 0.0726. The van der Waals surface area contributed by atoms with Gasteiger partial charge in [-0.05, 0) is 19.1 Å². The molecule has 1 atom stereocenters. The topological polar surface area (TPSA) is 76.7 Å². The number of hydrogen-bond donors (Lipinski definition) is 1. The summed E-state index contributed by atoms with van der Waals surface area (Å²) >= 11 is 1.38. The van der Waals surface area contributed by atoms with E-state index < -0.39 is 11.3 Å². The Bertz CT molecular complexity index is 477. The van der Waals surface area contributed by atoms with Gasteiger partial charge in [-0.25, -0.2) is 0 Å². The number of allylic oxidation sites excluding steroid dienone is 1. The second kappa shape index (κ2) is 5.04. The molecule has 0 aromatic carbocycles. The van der Waals surface area contributed by atoms with Gasteiger partial charge in [-0.3, -0.25) is 4.79 Å². The molecule has 0 unspecified atom stereocenters. The Kier molecular flexibility index (Phi) is 3.63. The highest BCUT2D eigenvalue weighted by molar-refractivity contribution is 8.02. The monoisotopic (exact) mass is 261 g/mol. The number of carbonyl (C=O) groups excluding carboxylic acids is 1. The van der Waals surface area contributed by atoms with Crippen molar-refractivity contribution >= 4 is 17.7 Å². The number of hydrogen-bond acceptors (Lipinski definition) is 4. The van der Waals surface area contributed by atoms with E-state index in [2.05, 4.69) is 17.5 Å². The summed E-state index contributed by atoms with van der Waals surface area (Å²) in [7, 11) is 0. The number of thioether (sulfide) groups is 1. The highest BCUT2D eigenvalue weighted by Gasteiger charge is 2.51. The summed E-state index contributed by atoms with van der Waals surface area (Å²) in [5.74, 6) is -0.967. The molecule has 0 aromatic rings. The Balaban J connectivity index is 2.57. The van der Waals surface area contributed by atoms with Gasteiger partial charge in [0.05, 0.1) is 22.7 Å². The number of amides is 1. The van der Waals surface area contributed by atoms with Gasteiger partial charge in [0.1, 0.15) is 5.92 Å². The second-order valence-electron chi connectivity index (χ2n) is 4.79. The summed E-state index contributed by atoms with van der Waals surface area (Å²) in [4.78, 5) is 12.0. The van der Waals surface area contributed by atoms with Crippen LogP contribution in [0.4, 0.5) is 0 Å². The van der Waals surface area contributed by atoms with E-state index in [9.17, 15) is 15.3 Å². The van der Waals surface area contributed by atoms with E-state index in [-0.39, 0.29) is 5.91 Å². The fourth-order valence-electron chi connectivity index (χ4n) is 3.09. The summed E-state index contributed by atoms with van der Waals surface area (Å²) < 4.78 is 0. The summed E-state index contributed by atoms with van der Waals surface area (Å²) in [6.07, 6.45) is 6.47. The van der Waals surface area contributed by atoms with Crippen molar-refractivity contribution in [2.24, 2.45) is 11.3 Å². The van der Waals surface area contributed by atoms with Gasteiger partial charge in [-0.2, -0.15) is 10.5 Å². The van der Waals surface area contributed by atoms with E-state index in [1.807, 2.05) is 6.26 Å². The highest BCUT2D eigenvalue weighted by Crippen LogP contribution is 2.51. The lowest BCUT2D eigenvalue weighted by atomic mass is 9.61. The van der Waals surface area contributed by atoms with E-state index >= 15 is 0 Å². The number of carbonyl (C=O) groups is 1. The maximum Gasteiger partial charge on any atom is 0.243 e. The molecular weight excluding hydrogens is 246 g/mol. The van der Waals surface area contributed by atoms with Crippen molar-refractivity contribution in [3.05, 3.63) is 10.6 Å². The second-order valence-corrected chi connectivity index (χ2v) is 5.60. The van der Waals surface area contributed by atoms with Crippen LogP contribution in [0.3, 0.4) is 0 Å². The van der Waals surface area contributed by atoms with E-state index in [0.29, 0.717) is 10.6 Å². The zero-order chi connectivity index (χ0) is 13.2. The first-order valence-corrected chi connectivity index (χ1v) is 7.31. The molecule has 18 heavy (non-hydrogen) atoms. The van der Waals surface area contributed by atoms with Gasteiger partial charge >= 0.3 is 0 Å². The number of nitrogens with zero attached hydrogens (tertiary/aromatic N) is 2. The Morgan fingerprint density at radius 3 is 2.50 bits per heavy atom. The average Bonchev–Trinajstić information content (AvgIpc) is 2.39. The van der Waals surface area contributed by atoms with Gasteiger partial charge < -0.3 is 5.32 Å². The lowest BCUT2D eigenvalue weighted by Gasteiger charge is -2.43. The van der Waals surface area contributed by atoms with E-state index in [1.54, 1.807) is 0 Å². The summed E-state index contributed by atoms with van der Waals surface area (Å²) in [6.45, 7) is 0. The molecule has 1 aliphatic heterocycles. The SMILES string of the molecule is CSC1=C(C#N)C2(CCCCC2)[C@@H](C#N)C(=O)N1. The van der Waals surface area contributed by atoms with Gasteiger partial charge in [-0.1, -0.05) is 19.3 Å². The fourth-order valence-corrected chi connectivity index (χ4v) is 3.74. The first-order chi connectivity index (χ1) is 8.69. The molecule has 5 heteroatoms. The van der Waals surface area contributed by atoms with Crippen LogP contribution in [0.2, 0.25) is 0 Å². The zero-order valence-electron chi connectivity index (χ0n) is 10.3. The van der Waals surface area contributed by atoms with Crippen molar-refractivity contribution in [2.75, 3.05) is 6.26 Å². The van der Waals surface area contributed by atoms with Gasteiger partial charge in [0, 0.05) is 5.41 Å². The van der Waals surface area contributed by atoms with Gasteiger partial charge in [0.2, 0.25) is 5.91 Å². The van der Waals surface area contributed by atoms with Gasteiger partial charge in [0.25, 0.3) is 0 Å². The Morgan fingerprint density at radius 2 is 2.00 bits per heavy atom. The molecule has 1 N–H and O–H groups in total. The number of nitriles is 2. The van der Waals surface area contributed by atoms with Crippen molar-refractivity contribution < 1.29 is 4.79 Å². The van der Waals surface area contributed by atoms with Gasteiger partial charge in [-0.15, -0.1) is 11.8 Å². The zero-order valence-corrected chi connectivity index (χ0v) is 11.1. The first kappa shape index (κ1) is 13.0. The molecule has 1 spiro atoms. The molecule has 0 bridgehead atoms. The minimum Gasteiger partial charge on any atom is -0.319 e. The lowest BCUT2D eigenvalue weighted by molar-refractivity contribution is -0.126. The predicted molar refractivity (Wildman–Crippen MR) is 68.9 cm³/mol. The van der Waals surface area contributed by atoms with Crippen molar-refractivity contribution in [3.8, 4) is 12.1 Å². The molecule has 4 nitrogen and oxygen atoms in total. The predicted octanol–water partition coefficient (Wildman–Crippen LogP) is 2.30. The van der Waals surface area contributed by atoms with Crippen molar-refractivity contribution in [1.82, 2.24) is 5.32 Å². The molecule has 1 aliphatic carbocycles. The summed E-state index contributed by atoms with van der Waals surface area (Å²) in [5, 5.41) is 22.1. The van der Waals surface area contributed by atoms with Crippen LogP contribution in [0, 0.1) is 34.0 Å². The number of nitrogens with one attached hydrogen (secondary N) is 1. The Hall–Kier alpha value is -1.46. The van der Waals surface area contributed by atoms with Crippen LogP contribution in [0.1, 0.15) is 32.1 Å². The number of rotatable bonds is 1. The largest absolute Gasteiger partial charge is 0.319 e. The molecule has 0 saturated heterocycles. The molecule has 2 aliphatic rings. The third kappa shape index (κ3) is 1.79. The molecule has 94 valence electrons. The van der Waals surface area contributed by atoms with Crippen LogP contribution in [0.25, 0.3) is 0 Å². The van der Waals surface area contributed by atoms with E-state index in [4.69, 9.17) is 0 Å². The minimum atomic E-state index is -0.719. The Morgan fingerprint density at radius 1 is 1.33 bits per heavy atom. The molecule has 1 amide bonds.